The molecule has 10 heteroatoms. The van der Waals surface area contributed by atoms with E-state index in [-0.39, 0.29) is 15.7 Å². The lowest BCUT2D eigenvalue weighted by atomic mass is 9.87. The fraction of sp³-hybridized carbons (Fsp3) is 0.240. The first-order valence-corrected chi connectivity index (χ1v) is 13.0. The Bertz CT molecular complexity index is 1360. The number of fused-ring (bicyclic) bond motifs is 1. The Morgan fingerprint density at radius 1 is 1.03 bits per heavy atom. The molecule has 0 aromatic heterocycles. The van der Waals surface area contributed by atoms with Crippen molar-refractivity contribution in [1.29, 1.82) is 0 Å². The van der Waals surface area contributed by atoms with Crippen LogP contribution in [0.3, 0.4) is 0 Å². The van der Waals surface area contributed by atoms with Gasteiger partial charge >= 0.3 is 5.97 Å². The molecule has 3 aromatic rings. The predicted octanol–water partition coefficient (Wildman–Crippen LogP) is 5.95. The number of carbonyl (C=O) groups is 1. The SMILES string of the molecule is CN([C@@H]1CCCc2c(OCC(=O)O)cccc21)S(=O)(=O)c1ccc(Oc2ccccc2Cl)c(Cl)c1. The average molecular weight is 536 g/mol. The number of benzene rings is 3. The van der Waals surface area contributed by atoms with Crippen molar-refractivity contribution in [1.82, 2.24) is 4.31 Å². The minimum atomic E-state index is -3.91. The molecule has 1 N–H and O–H groups in total. The molecule has 35 heavy (non-hydrogen) atoms. The lowest BCUT2D eigenvalue weighted by molar-refractivity contribution is -0.139. The normalized spacial score (nSPS) is 15.5. The molecular weight excluding hydrogens is 513 g/mol. The third-order valence-corrected chi connectivity index (χ3v) is 8.33. The number of carboxylic acids is 1. The van der Waals surface area contributed by atoms with E-state index in [0.717, 1.165) is 17.5 Å². The van der Waals surface area contributed by atoms with Gasteiger partial charge in [-0.1, -0.05) is 47.5 Å². The fourth-order valence-corrected chi connectivity index (χ4v) is 6.00. The van der Waals surface area contributed by atoms with E-state index >= 15 is 0 Å². The number of sulfonamides is 1. The Morgan fingerprint density at radius 2 is 1.74 bits per heavy atom. The number of nitrogens with zero attached hydrogens (tertiary/aromatic N) is 1. The summed E-state index contributed by atoms with van der Waals surface area (Å²) >= 11 is 12.5. The number of rotatable bonds is 8. The van der Waals surface area contributed by atoms with Crippen LogP contribution in [0.15, 0.2) is 65.6 Å². The van der Waals surface area contributed by atoms with E-state index in [1.165, 1.54) is 29.6 Å². The van der Waals surface area contributed by atoms with Gasteiger partial charge in [-0.3, -0.25) is 0 Å². The Morgan fingerprint density at radius 3 is 2.46 bits per heavy atom. The van der Waals surface area contributed by atoms with Gasteiger partial charge in [0.2, 0.25) is 10.0 Å². The maximum Gasteiger partial charge on any atom is 0.341 e. The van der Waals surface area contributed by atoms with Gasteiger partial charge in [-0.2, -0.15) is 4.31 Å². The van der Waals surface area contributed by atoms with E-state index in [1.807, 2.05) is 6.07 Å². The molecule has 1 aliphatic rings. The number of ether oxygens (including phenoxy) is 2. The third kappa shape index (κ3) is 5.41. The Hall–Kier alpha value is -2.78. The van der Waals surface area contributed by atoms with E-state index < -0.39 is 28.6 Å². The molecule has 0 bridgehead atoms. The highest BCUT2D eigenvalue weighted by Gasteiger charge is 2.33. The van der Waals surface area contributed by atoms with Crippen molar-refractivity contribution in [3.8, 4) is 17.2 Å². The minimum absolute atomic E-state index is 0.0295. The standard InChI is InChI=1S/C25H23Cl2NO6S/c1-28(21-9-4-7-18-17(21)6-5-11-22(18)33-15-25(29)30)35(31,32)16-12-13-24(20(27)14-16)34-23-10-3-2-8-19(23)26/h2-3,5-6,8,10-14,21H,4,7,9,15H2,1H3,(H,29,30)/t21-/m1/s1. The highest BCUT2D eigenvalue weighted by molar-refractivity contribution is 7.89. The summed E-state index contributed by atoms with van der Waals surface area (Å²) < 4.78 is 39.6. The summed E-state index contributed by atoms with van der Waals surface area (Å²) in [6, 6.07) is 16.1. The van der Waals surface area contributed by atoms with Gasteiger partial charge in [0, 0.05) is 7.05 Å². The second-order valence-electron chi connectivity index (χ2n) is 8.06. The predicted molar refractivity (Wildman–Crippen MR) is 133 cm³/mol. The Kier molecular flexibility index (Phi) is 7.56. The van der Waals surface area contributed by atoms with Crippen molar-refractivity contribution in [3.63, 3.8) is 0 Å². The van der Waals surface area contributed by atoms with Gasteiger partial charge < -0.3 is 14.6 Å². The summed E-state index contributed by atoms with van der Waals surface area (Å²) in [5, 5.41) is 9.49. The zero-order valence-electron chi connectivity index (χ0n) is 18.8. The monoisotopic (exact) mass is 535 g/mol. The highest BCUT2D eigenvalue weighted by Crippen LogP contribution is 2.41. The zero-order chi connectivity index (χ0) is 25.2. The molecule has 3 aromatic carbocycles. The third-order valence-electron chi connectivity index (χ3n) is 5.86. The fourth-order valence-electron chi connectivity index (χ4n) is 4.15. The van der Waals surface area contributed by atoms with Gasteiger partial charge in [0.05, 0.1) is 21.0 Å². The second-order valence-corrected chi connectivity index (χ2v) is 10.9. The molecule has 0 saturated heterocycles. The van der Waals surface area contributed by atoms with Crippen LogP contribution in [0.5, 0.6) is 17.2 Å². The quantitative estimate of drug-likeness (QED) is 0.383. The van der Waals surface area contributed by atoms with Crippen LogP contribution in [0.25, 0.3) is 0 Å². The molecule has 0 heterocycles. The van der Waals surface area contributed by atoms with E-state index in [1.54, 1.807) is 36.4 Å². The molecule has 1 aliphatic carbocycles. The molecule has 0 amide bonds. The van der Waals surface area contributed by atoms with Gasteiger partial charge in [-0.05, 0) is 66.8 Å². The Labute approximate surface area is 213 Å². The molecule has 0 saturated carbocycles. The largest absolute Gasteiger partial charge is 0.482 e. The Balaban J connectivity index is 1.60. The molecule has 0 unspecified atom stereocenters. The summed E-state index contributed by atoms with van der Waals surface area (Å²) in [6.45, 7) is -0.462. The van der Waals surface area contributed by atoms with Crippen molar-refractivity contribution >= 4 is 39.2 Å². The topological polar surface area (TPSA) is 93.1 Å². The maximum absolute atomic E-state index is 13.5. The number of carboxylic acid groups (broad SMARTS) is 1. The van der Waals surface area contributed by atoms with Crippen molar-refractivity contribution < 1.29 is 27.8 Å². The second kappa shape index (κ2) is 10.5. The summed E-state index contributed by atoms with van der Waals surface area (Å²) in [4.78, 5) is 11.0. The van der Waals surface area contributed by atoms with Crippen LogP contribution in [0.1, 0.15) is 30.0 Å². The smallest absolute Gasteiger partial charge is 0.341 e. The molecule has 0 radical (unpaired) electrons. The summed E-state index contributed by atoms with van der Waals surface area (Å²) in [5.41, 5.74) is 1.63. The number of hydrogen-bond donors (Lipinski definition) is 1. The van der Waals surface area contributed by atoms with Crippen LogP contribution in [0, 0.1) is 0 Å². The lowest BCUT2D eigenvalue weighted by Gasteiger charge is -2.33. The van der Waals surface area contributed by atoms with Crippen molar-refractivity contribution in [2.24, 2.45) is 0 Å². The van der Waals surface area contributed by atoms with Gasteiger partial charge in [-0.25, -0.2) is 13.2 Å². The maximum atomic E-state index is 13.5. The van der Waals surface area contributed by atoms with Crippen molar-refractivity contribution in [2.45, 2.75) is 30.2 Å². The van der Waals surface area contributed by atoms with Gasteiger partial charge in [0.25, 0.3) is 0 Å². The van der Waals surface area contributed by atoms with Crippen molar-refractivity contribution in [3.05, 3.63) is 81.8 Å². The van der Waals surface area contributed by atoms with Crippen LogP contribution < -0.4 is 9.47 Å². The number of para-hydroxylation sites is 1. The lowest BCUT2D eigenvalue weighted by Crippen LogP contribution is -2.33. The highest BCUT2D eigenvalue weighted by atomic mass is 35.5. The summed E-state index contributed by atoms with van der Waals surface area (Å²) in [5.74, 6) is 0.0751. The van der Waals surface area contributed by atoms with Crippen LogP contribution in [0.4, 0.5) is 0 Å². The molecule has 0 spiro atoms. The molecule has 4 rings (SSSR count). The molecule has 7 nitrogen and oxygen atoms in total. The molecule has 184 valence electrons. The number of aliphatic carboxylic acids is 1. The van der Waals surface area contributed by atoms with Crippen LogP contribution in [-0.4, -0.2) is 37.5 Å². The van der Waals surface area contributed by atoms with Crippen LogP contribution in [-0.2, 0) is 21.2 Å². The van der Waals surface area contributed by atoms with Gasteiger partial charge in [0.15, 0.2) is 6.61 Å². The van der Waals surface area contributed by atoms with E-state index in [4.69, 9.17) is 37.8 Å². The molecule has 1 atom stereocenters. The van der Waals surface area contributed by atoms with Gasteiger partial charge in [-0.15, -0.1) is 0 Å². The van der Waals surface area contributed by atoms with Gasteiger partial charge in [0.1, 0.15) is 17.2 Å². The molecule has 0 fully saturated rings. The first-order chi connectivity index (χ1) is 16.7. The zero-order valence-corrected chi connectivity index (χ0v) is 21.1. The van der Waals surface area contributed by atoms with Crippen LogP contribution >= 0.6 is 23.2 Å². The minimum Gasteiger partial charge on any atom is -0.482 e. The molecular formula is C25H23Cl2NO6S. The number of hydrogen-bond acceptors (Lipinski definition) is 5. The number of halogens is 2. The molecule has 0 aliphatic heterocycles. The first kappa shape index (κ1) is 25.3. The average Bonchev–Trinajstić information content (AvgIpc) is 2.84. The van der Waals surface area contributed by atoms with Crippen LogP contribution in [0.2, 0.25) is 10.0 Å². The van der Waals surface area contributed by atoms with Crippen molar-refractivity contribution in [2.75, 3.05) is 13.7 Å². The van der Waals surface area contributed by atoms with E-state index in [9.17, 15) is 13.2 Å². The first-order valence-electron chi connectivity index (χ1n) is 10.8. The van der Waals surface area contributed by atoms with E-state index in [0.29, 0.717) is 29.4 Å². The van der Waals surface area contributed by atoms with E-state index in [2.05, 4.69) is 0 Å². The summed E-state index contributed by atoms with van der Waals surface area (Å²) in [7, 11) is -2.38. The summed E-state index contributed by atoms with van der Waals surface area (Å²) in [6.07, 6.45) is 2.03.